The Morgan fingerprint density at radius 3 is 2.35 bits per heavy atom. The zero-order chi connectivity index (χ0) is 17.9. The maximum atomic E-state index is 4.70. The average molecular weight is 341 g/mol. The Morgan fingerprint density at radius 1 is 0.846 bits per heavy atom. The van der Waals surface area contributed by atoms with Crippen LogP contribution in [0.25, 0.3) is 21.8 Å². The quantitative estimate of drug-likeness (QED) is 0.338. The van der Waals surface area contributed by atoms with E-state index >= 15 is 0 Å². The van der Waals surface area contributed by atoms with E-state index in [1.165, 1.54) is 21.8 Å². The Morgan fingerprint density at radius 2 is 1.58 bits per heavy atom. The predicted molar refractivity (Wildman–Crippen MR) is 112 cm³/mol. The zero-order valence-electron chi connectivity index (χ0n) is 15.3. The Bertz CT molecular complexity index is 1060. The first-order valence-corrected chi connectivity index (χ1v) is 9.19. The highest BCUT2D eigenvalue weighted by Crippen LogP contribution is 2.29. The van der Waals surface area contributed by atoms with Crippen molar-refractivity contribution < 1.29 is 0 Å². The second-order valence-corrected chi connectivity index (χ2v) is 6.33. The van der Waals surface area contributed by atoms with Crippen molar-refractivity contribution in [1.29, 1.82) is 0 Å². The van der Waals surface area contributed by atoms with Gasteiger partial charge in [-0.2, -0.15) is 5.10 Å². The number of fused-ring (bicyclic) bond motifs is 3. The summed E-state index contributed by atoms with van der Waals surface area (Å²) in [6.45, 7) is 6.11. The lowest BCUT2D eigenvalue weighted by molar-refractivity contribution is 0.827. The monoisotopic (exact) mass is 341 g/mol. The van der Waals surface area contributed by atoms with E-state index in [-0.39, 0.29) is 0 Å². The van der Waals surface area contributed by atoms with E-state index in [1.54, 1.807) is 0 Å². The first-order chi connectivity index (χ1) is 12.8. The summed E-state index contributed by atoms with van der Waals surface area (Å²) in [5, 5.41) is 9.30. The third-order valence-electron chi connectivity index (χ3n) is 4.81. The molecule has 0 spiro atoms. The summed E-state index contributed by atoms with van der Waals surface area (Å²) in [6, 6.07) is 25.5. The summed E-state index contributed by atoms with van der Waals surface area (Å²) < 4.78 is 2.37. The molecule has 26 heavy (non-hydrogen) atoms. The average Bonchev–Trinajstić information content (AvgIpc) is 3.02. The molecule has 0 aliphatic heterocycles. The van der Waals surface area contributed by atoms with Crippen LogP contribution in [-0.4, -0.2) is 17.3 Å². The topological polar surface area (TPSA) is 20.5 Å². The zero-order valence-corrected chi connectivity index (χ0v) is 15.3. The van der Waals surface area contributed by atoms with Gasteiger partial charge in [-0.15, -0.1) is 0 Å². The molecule has 1 heterocycles. The molecule has 0 saturated heterocycles. The first kappa shape index (κ1) is 16.4. The number of anilines is 1. The number of nitrogens with zero attached hydrogens (tertiary/aromatic N) is 3. The first-order valence-electron chi connectivity index (χ1n) is 9.19. The summed E-state index contributed by atoms with van der Waals surface area (Å²) in [5.74, 6) is 0. The van der Waals surface area contributed by atoms with Crippen LogP contribution in [0.2, 0.25) is 0 Å². The van der Waals surface area contributed by atoms with Crippen molar-refractivity contribution in [3.05, 3.63) is 78.4 Å². The summed E-state index contributed by atoms with van der Waals surface area (Å²) in [4.78, 5) is 0. The molecule has 130 valence electrons. The highest BCUT2D eigenvalue weighted by atomic mass is 15.4. The maximum Gasteiger partial charge on any atom is 0.0593 e. The van der Waals surface area contributed by atoms with Crippen LogP contribution < -0.4 is 5.01 Å². The Balaban J connectivity index is 1.75. The molecule has 3 nitrogen and oxygen atoms in total. The minimum Gasteiger partial charge on any atom is -0.341 e. The van der Waals surface area contributed by atoms with Gasteiger partial charge in [-0.05, 0) is 49.7 Å². The highest BCUT2D eigenvalue weighted by Gasteiger charge is 2.09. The number of hydrogen-bond acceptors (Lipinski definition) is 2. The van der Waals surface area contributed by atoms with Crippen LogP contribution in [0.5, 0.6) is 0 Å². The molecular weight excluding hydrogens is 318 g/mol. The van der Waals surface area contributed by atoms with Crippen molar-refractivity contribution in [2.75, 3.05) is 11.6 Å². The van der Waals surface area contributed by atoms with Crippen LogP contribution >= 0.6 is 0 Å². The number of benzene rings is 3. The Labute approximate surface area is 154 Å². The number of rotatable bonds is 5. The number of hydrazone groups is 1. The van der Waals surface area contributed by atoms with Crippen molar-refractivity contribution >= 4 is 33.7 Å². The molecule has 0 fully saturated rings. The molecule has 0 bridgehead atoms. The van der Waals surface area contributed by atoms with Gasteiger partial charge in [0.15, 0.2) is 0 Å². The summed E-state index contributed by atoms with van der Waals surface area (Å²) >= 11 is 0. The third-order valence-corrected chi connectivity index (χ3v) is 4.81. The molecule has 3 heteroatoms. The molecular formula is C23H23N3. The van der Waals surface area contributed by atoms with Gasteiger partial charge in [-0.3, -0.25) is 5.01 Å². The molecule has 4 rings (SSSR count). The lowest BCUT2D eigenvalue weighted by Crippen LogP contribution is -2.15. The fraction of sp³-hybridized carbons (Fsp3) is 0.174. The summed E-state index contributed by atoms with van der Waals surface area (Å²) in [5.41, 5.74) is 4.79. The van der Waals surface area contributed by atoms with E-state index in [0.717, 1.165) is 24.3 Å². The van der Waals surface area contributed by atoms with Crippen LogP contribution in [0.3, 0.4) is 0 Å². The minimum atomic E-state index is 0.831. The molecule has 4 aromatic rings. The van der Waals surface area contributed by atoms with Crippen LogP contribution in [-0.2, 0) is 6.54 Å². The predicted octanol–water partition coefficient (Wildman–Crippen LogP) is 5.67. The minimum absolute atomic E-state index is 0.831. The van der Waals surface area contributed by atoms with Crippen LogP contribution in [0.4, 0.5) is 5.69 Å². The lowest BCUT2D eigenvalue weighted by atomic mass is 10.1. The normalized spacial score (nSPS) is 11.6. The van der Waals surface area contributed by atoms with Gasteiger partial charge in [0.25, 0.3) is 0 Å². The molecule has 0 unspecified atom stereocenters. The highest BCUT2D eigenvalue weighted by molar-refractivity contribution is 6.09. The SMILES string of the molecule is CCN(/N=C\c1ccc2c(c1)c1ccccc1n2CC)c1ccccc1. The van der Waals surface area contributed by atoms with E-state index in [9.17, 15) is 0 Å². The van der Waals surface area contributed by atoms with E-state index in [4.69, 9.17) is 5.10 Å². The Kier molecular flexibility index (Phi) is 4.44. The van der Waals surface area contributed by atoms with Crippen LogP contribution in [0.1, 0.15) is 19.4 Å². The third kappa shape index (κ3) is 2.86. The molecule has 0 N–H and O–H groups in total. The van der Waals surface area contributed by atoms with Crippen LogP contribution in [0, 0.1) is 0 Å². The fourth-order valence-corrected chi connectivity index (χ4v) is 3.56. The smallest absolute Gasteiger partial charge is 0.0593 e. The molecule has 0 atom stereocenters. The van der Waals surface area contributed by atoms with Crippen molar-refractivity contribution in [3.63, 3.8) is 0 Å². The van der Waals surface area contributed by atoms with Gasteiger partial charge < -0.3 is 4.57 Å². The molecule has 1 aromatic heterocycles. The van der Waals surface area contributed by atoms with Crippen molar-refractivity contribution in [2.24, 2.45) is 5.10 Å². The number of hydrogen-bond donors (Lipinski definition) is 0. The van der Waals surface area contributed by atoms with Gasteiger partial charge in [-0.25, -0.2) is 0 Å². The van der Waals surface area contributed by atoms with E-state index in [1.807, 2.05) is 29.4 Å². The molecule has 3 aromatic carbocycles. The fourth-order valence-electron chi connectivity index (χ4n) is 3.56. The van der Waals surface area contributed by atoms with Crippen LogP contribution in [0.15, 0.2) is 77.9 Å². The Hall–Kier alpha value is -3.07. The lowest BCUT2D eigenvalue weighted by Gasteiger charge is -2.16. The van der Waals surface area contributed by atoms with Gasteiger partial charge in [-0.1, -0.05) is 42.5 Å². The molecule has 0 amide bonds. The van der Waals surface area contributed by atoms with Gasteiger partial charge in [0, 0.05) is 34.9 Å². The molecule has 0 saturated carbocycles. The van der Waals surface area contributed by atoms with Gasteiger partial charge in [0.2, 0.25) is 0 Å². The molecule has 0 radical (unpaired) electrons. The van der Waals surface area contributed by atoms with Gasteiger partial charge in [0.1, 0.15) is 0 Å². The second kappa shape index (κ2) is 7.04. The van der Waals surface area contributed by atoms with Crippen molar-refractivity contribution in [3.8, 4) is 0 Å². The van der Waals surface area contributed by atoms with Gasteiger partial charge >= 0.3 is 0 Å². The molecule has 0 aliphatic rings. The summed E-state index contributed by atoms with van der Waals surface area (Å²) in [6.07, 6.45) is 1.95. The standard InChI is InChI=1S/C23H23N3/c1-3-25-22-13-9-8-12-20(22)21-16-18(14-15-23(21)25)17-24-26(4-2)19-10-6-5-7-11-19/h5-17H,3-4H2,1-2H3/b24-17-. The second-order valence-electron chi connectivity index (χ2n) is 6.33. The molecule has 0 aliphatic carbocycles. The van der Waals surface area contributed by atoms with Crippen molar-refractivity contribution in [1.82, 2.24) is 4.57 Å². The van der Waals surface area contributed by atoms with Crippen molar-refractivity contribution in [2.45, 2.75) is 20.4 Å². The van der Waals surface area contributed by atoms with E-state index < -0.39 is 0 Å². The van der Waals surface area contributed by atoms with Gasteiger partial charge in [0.05, 0.1) is 11.9 Å². The number of aromatic nitrogens is 1. The summed E-state index contributed by atoms with van der Waals surface area (Å²) in [7, 11) is 0. The largest absolute Gasteiger partial charge is 0.341 e. The number of aryl methyl sites for hydroxylation is 1. The van der Waals surface area contributed by atoms with E-state index in [2.05, 4.69) is 73.0 Å². The number of para-hydroxylation sites is 2. The van der Waals surface area contributed by atoms with E-state index in [0.29, 0.717) is 0 Å². The maximum absolute atomic E-state index is 4.70.